The number of unbranched alkanes of at least 4 members (excludes halogenated alkanes) is 4. The normalized spacial score (nSPS) is 10.7. The first-order valence-corrected chi connectivity index (χ1v) is 49.1. The molecule has 0 radical (unpaired) electrons. The maximum Gasteiger partial charge on any atom is 0.303 e. The van der Waals surface area contributed by atoms with Crippen molar-refractivity contribution in [2.75, 3.05) is 46.7 Å². The van der Waals surface area contributed by atoms with E-state index in [9.17, 15) is 19.2 Å². The fourth-order valence-corrected chi connectivity index (χ4v) is 17.6. The van der Waals surface area contributed by atoms with Gasteiger partial charge in [-0.2, -0.15) is 9.13 Å². The summed E-state index contributed by atoms with van der Waals surface area (Å²) in [5, 5.41) is 45.2. The van der Waals surface area contributed by atoms with E-state index >= 15 is 0 Å². The van der Waals surface area contributed by atoms with Crippen LogP contribution in [0.5, 0.6) is 0 Å². The van der Waals surface area contributed by atoms with Crippen LogP contribution in [0.1, 0.15) is 118 Å². The molecule has 16 rings (SSSR count). The number of hydrogen-bond acceptors (Lipinski definition) is 12. The SMILES string of the molecule is CCN(CC)CC.CI.C[n+]1ccc(/C=C2\Sc3ccccc3N2CCCCC(=O)O)c2ccccc21.C[n+]1cccc2ccccc21.C[n+]1cccc2ccccc21.Cc1nc2ccccc2s1.Cc1sc2ccccc2[n+]1CCCCC(=O)O.Cc1sc2ccccc2[n+]1CCCCC(=O)O.ClCCl.O=C(O)CCCCBr.[Br-].[Br-].[Br-].[I-].[I-].c1ccc2ncccc2c1. The molecule has 30 heteroatoms. The highest BCUT2D eigenvalue weighted by Crippen LogP contribution is 2.47. The molecule has 0 spiro atoms. The van der Waals surface area contributed by atoms with Crippen LogP contribution in [-0.2, 0) is 53.4 Å². The van der Waals surface area contributed by atoms with Gasteiger partial charge in [-0.1, -0.05) is 203 Å². The van der Waals surface area contributed by atoms with E-state index in [0.717, 1.165) is 86.0 Å². The quantitative estimate of drug-likeness (QED) is 0.0205. The van der Waals surface area contributed by atoms with Crippen LogP contribution in [-0.4, -0.2) is 101 Å². The van der Waals surface area contributed by atoms with Gasteiger partial charge >= 0.3 is 23.9 Å². The van der Waals surface area contributed by atoms with Gasteiger partial charge in [0.2, 0.25) is 37.6 Å². The van der Waals surface area contributed by atoms with Crippen LogP contribution in [0, 0.1) is 20.8 Å². The fraction of sp³-hybridized carbons (Fsp3) is 0.303. The number of aromatic nitrogens is 7. The third kappa shape index (κ3) is 42.7. The lowest BCUT2D eigenvalue weighted by Crippen LogP contribution is -3.00. The Morgan fingerprint density at radius 3 is 1.29 bits per heavy atom. The molecule has 4 N–H and O–H groups in total. The van der Waals surface area contributed by atoms with Crippen LogP contribution in [0.25, 0.3) is 80.3 Å². The Morgan fingerprint density at radius 1 is 0.450 bits per heavy atom. The van der Waals surface area contributed by atoms with Crippen molar-refractivity contribution in [1.82, 2.24) is 14.9 Å². The summed E-state index contributed by atoms with van der Waals surface area (Å²) in [5.41, 5.74) is 10.8. The molecule has 8 aromatic carbocycles. The average Bonchev–Trinajstić information content (AvgIpc) is 1.79. The van der Waals surface area contributed by atoms with Gasteiger partial charge in [-0.15, -0.1) is 34.5 Å². The fourth-order valence-electron chi connectivity index (χ4n) is 13.2. The predicted octanol–water partition coefficient (Wildman–Crippen LogP) is 8.98. The molecule has 7 aromatic heterocycles. The number of carboxylic acid groups (broad SMARTS) is 4. The summed E-state index contributed by atoms with van der Waals surface area (Å²) in [4.78, 5) is 58.0. The van der Waals surface area contributed by atoms with Gasteiger partial charge in [0.1, 0.15) is 43.6 Å². The summed E-state index contributed by atoms with van der Waals surface area (Å²) in [7, 11) is 6.18. The van der Waals surface area contributed by atoms with Crippen molar-refractivity contribution >= 4 is 217 Å². The molecule has 0 unspecified atom stereocenters. The average molecular weight is 2460 g/mol. The van der Waals surface area contributed by atoms with Crippen molar-refractivity contribution in [3.05, 3.63) is 287 Å². The number of thiazole rings is 3. The van der Waals surface area contributed by atoms with Crippen molar-refractivity contribution in [3.8, 4) is 0 Å². The molecule has 15 aromatic rings. The molecule has 8 heterocycles. The van der Waals surface area contributed by atoms with Gasteiger partial charge in [0, 0.05) is 140 Å². The summed E-state index contributed by atoms with van der Waals surface area (Å²) < 4.78 is 14.8. The zero-order chi connectivity index (χ0) is 90.0. The molecule has 0 fully saturated rings. The van der Waals surface area contributed by atoms with Crippen LogP contribution in [0.4, 0.5) is 5.69 Å². The number of pyridine rings is 4. The lowest BCUT2D eigenvalue weighted by atomic mass is 10.1. The van der Waals surface area contributed by atoms with E-state index in [2.05, 4.69) is 331 Å². The number of nitrogens with zero attached hydrogens (tertiary/aromatic N) is 9. The molecule has 17 nitrogen and oxygen atoms in total. The minimum Gasteiger partial charge on any atom is -1.00 e. The molecule has 1 aliphatic heterocycles. The molecular formula is C99H118Br4Cl2I3N9O8S4. The summed E-state index contributed by atoms with van der Waals surface area (Å²) in [6, 6.07) is 81.0. The number of hydrogen-bond donors (Lipinski definition) is 4. The van der Waals surface area contributed by atoms with Crippen molar-refractivity contribution in [2.24, 2.45) is 21.1 Å². The van der Waals surface area contributed by atoms with Gasteiger partial charge in [-0.3, -0.25) is 24.2 Å². The first-order chi connectivity index (χ1) is 60.1. The van der Waals surface area contributed by atoms with Crippen LogP contribution in [0.3, 0.4) is 0 Å². The Morgan fingerprint density at radius 2 is 0.837 bits per heavy atom. The van der Waals surface area contributed by atoms with Crippen LogP contribution in [0.15, 0.2) is 271 Å². The molecule has 694 valence electrons. The largest absolute Gasteiger partial charge is 1.00 e. The Bertz CT molecular complexity index is 5520. The van der Waals surface area contributed by atoms with Gasteiger partial charge in [0.05, 0.1) is 42.2 Å². The second kappa shape index (κ2) is 69.3. The Labute approximate surface area is 875 Å². The van der Waals surface area contributed by atoms with Crippen molar-refractivity contribution in [2.45, 2.75) is 137 Å². The summed E-state index contributed by atoms with van der Waals surface area (Å²) in [6.45, 7) is 19.0. The molecule has 0 aliphatic carbocycles. The Balaban J connectivity index is 0.000000740. The first kappa shape index (κ1) is 120. The molecule has 0 saturated heterocycles. The summed E-state index contributed by atoms with van der Waals surface area (Å²) in [6.07, 6.45) is 17.9. The molecule has 0 amide bonds. The maximum absolute atomic E-state index is 10.8. The van der Waals surface area contributed by atoms with Gasteiger partial charge in [0.25, 0.3) is 0 Å². The first-order valence-electron chi connectivity index (χ1n) is 41.4. The zero-order valence-corrected chi connectivity index (χ0v) is 92.1. The van der Waals surface area contributed by atoms with E-state index in [0.29, 0.717) is 12.8 Å². The molecule has 0 bridgehead atoms. The zero-order valence-electron chi connectivity index (χ0n) is 74.5. The number of aryl methyl sites for hydroxylation is 8. The second-order valence-corrected chi connectivity index (χ2v) is 34.5. The highest BCUT2D eigenvalue weighted by atomic mass is 127. The molecule has 0 saturated carbocycles. The third-order valence-electron chi connectivity index (χ3n) is 19.5. The maximum atomic E-state index is 10.8. The van der Waals surface area contributed by atoms with E-state index < -0.39 is 23.9 Å². The number of carboxylic acids is 4. The highest BCUT2D eigenvalue weighted by molar-refractivity contribution is 14.1. The standard InChI is InChI=1S/C23H22N2O2S.2C13H15NO2S.2C10H10N.C9H7N.C8H7NS.C6H15N.C5H9BrO2.CH2Cl2.CH3I.3BrH.2HI/c1-24-15-13-17(18-8-2-3-9-19(18)24)16-22-25(14-7-6-12-23(26)27)20-10-4-5-11-21(20)28-22;2*1-10-14(9-5-4-8-13(15)16)11-6-2-3-7-12(11)17-10;2*1-11-8-4-6-9-5-2-3-7-10(9)11;1-2-6-9-8(4-1)5-3-7-10-9;1-6-9-7-4-2-3-5-8(7)10-6;1-4-7(5-2)6-3;6-4-2-1-3-5(7)8;2-1-3;1-2;;;;;/h2-5,8-11,13,15-16H,6-7,12,14H2,1H3;2*2-3,6-7H,4-5,8-9H2,1H3;2*2-8H,1H3;1-7H;2-5H,1H3;4-6H2,1-3H3;1-4H2,(H,7,8);1H2;1H3;5*1H/q;;;2*+1;;;;;;;;;;;/p-2. The number of rotatable bonds is 23. The second-order valence-electron chi connectivity index (χ2n) is 28.1. The van der Waals surface area contributed by atoms with Crippen LogP contribution in [0.2, 0.25) is 0 Å². The molecule has 129 heavy (non-hydrogen) atoms. The Kier molecular flexibility index (Phi) is 64.8. The number of alkyl halides is 4. The number of fused-ring (bicyclic) bond motifs is 8. The number of thioether (sulfide) groups is 1. The van der Waals surface area contributed by atoms with E-state index in [4.69, 9.17) is 43.6 Å². The van der Waals surface area contributed by atoms with Gasteiger partial charge < -0.3 is 129 Å². The van der Waals surface area contributed by atoms with E-state index in [1.165, 1.54) is 114 Å². The van der Waals surface area contributed by atoms with Gasteiger partial charge in [-0.25, -0.2) is 18.7 Å². The summed E-state index contributed by atoms with van der Waals surface area (Å²) in [5.74, 6) is -2.84. The predicted molar refractivity (Wildman–Crippen MR) is 532 cm³/mol. The number of benzene rings is 8. The highest BCUT2D eigenvalue weighted by Gasteiger charge is 2.26. The molecule has 0 atom stereocenters. The molecular weight excluding hydrogens is 2340 g/mol. The molecule has 1 aliphatic rings. The number of halogens is 9. The topological polar surface area (TPSA) is 201 Å². The van der Waals surface area contributed by atoms with Crippen molar-refractivity contribution in [1.29, 1.82) is 0 Å². The van der Waals surface area contributed by atoms with Crippen LogP contribution >= 0.6 is 107 Å². The number of aliphatic carboxylic acids is 4. The van der Waals surface area contributed by atoms with Crippen molar-refractivity contribution in [3.63, 3.8) is 0 Å². The van der Waals surface area contributed by atoms with E-state index in [-0.39, 0.29) is 123 Å². The van der Waals surface area contributed by atoms with Gasteiger partial charge in [-0.05, 0) is 161 Å². The number of para-hydroxylation sites is 8. The lowest BCUT2D eigenvalue weighted by molar-refractivity contribution is -0.673. The lowest BCUT2D eigenvalue weighted by Gasteiger charge is -2.20. The number of anilines is 1. The smallest absolute Gasteiger partial charge is 0.303 e. The van der Waals surface area contributed by atoms with E-state index in [1.807, 2.05) is 84.8 Å². The minimum absolute atomic E-state index is 0. The Hall–Kier alpha value is -6.51. The van der Waals surface area contributed by atoms with E-state index in [1.54, 1.807) is 45.8 Å². The van der Waals surface area contributed by atoms with Gasteiger partial charge in [0.15, 0.2) is 18.6 Å². The van der Waals surface area contributed by atoms with Crippen LogP contribution < -0.4 is 127 Å². The third-order valence-corrected chi connectivity index (χ3v) is 24.3. The van der Waals surface area contributed by atoms with Crippen molar-refractivity contribution < 1.29 is 161 Å². The minimum atomic E-state index is -0.726. The summed E-state index contributed by atoms with van der Waals surface area (Å²) >= 11 is 22.0. The number of carbonyl (C=O) groups is 4. The monoisotopic (exact) mass is 2460 g/mol.